The Morgan fingerprint density at radius 2 is 1.63 bits per heavy atom. The van der Waals surface area contributed by atoms with Gasteiger partial charge in [-0.05, 0) is 79.2 Å². The van der Waals surface area contributed by atoms with Crippen LogP contribution in [0.25, 0.3) is 0 Å². The molecule has 3 aromatic rings. The molecule has 0 aliphatic rings. The van der Waals surface area contributed by atoms with Gasteiger partial charge in [0.15, 0.2) is 5.11 Å². The SMILES string of the molecule is CC(C)CCOc1cccc(C(=O)NC(=S)Nc2cccc(C(=O)Nc3ccc(F)c(Cl)c3)c2)c1. The van der Waals surface area contributed by atoms with Crippen molar-refractivity contribution in [2.24, 2.45) is 5.92 Å². The van der Waals surface area contributed by atoms with E-state index in [4.69, 9.17) is 28.6 Å². The standard InChI is InChI=1S/C26H25ClFN3O3S/c1-16(2)11-12-34-21-8-4-6-18(14-21)25(33)31-26(35)30-19-7-3-5-17(13-19)24(32)29-20-9-10-23(28)22(27)15-20/h3-10,13-16H,11-12H2,1-2H3,(H,29,32)(H2,30,31,33,35). The van der Waals surface area contributed by atoms with E-state index in [1.807, 2.05) is 0 Å². The van der Waals surface area contributed by atoms with Crippen LogP contribution < -0.4 is 20.7 Å². The van der Waals surface area contributed by atoms with Crippen LogP contribution in [0.1, 0.15) is 41.0 Å². The molecule has 9 heteroatoms. The first kappa shape index (κ1) is 26.1. The van der Waals surface area contributed by atoms with Gasteiger partial charge < -0.3 is 15.4 Å². The van der Waals surface area contributed by atoms with E-state index in [1.165, 1.54) is 18.2 Å². The van der Waals surface area contributed by atoms with E-state index in [2.05, 4.69) is 29.8 Å². The molecule has 0 bridgehead atoms. The molecule has 3 aromatic carbocycles. The molecule has 0 aromatic heterocycles. The Morgan fingerprint density at radius 1 is 0.943 bits per heavy atom. The minimum Gasteiger partial charge on any atom is -0.494 e. The van der Waals surface area contributed by atoms with Crippen LogP contribution in [0.15, 0.2) is 66.7 Å². The molecule has 0 atom stereocenters. The summed E-state index contributed by atoms with van der Waals surface area (Å²) >= 11 is 11.0. The van der Waals surface area contributed by atoms with Gasteiger partial charge in [0, 0.05) is 22.5 Å². The summed E-state index contributed by atoms with van der Waals surface area (Å²) in [7, 11) is 0. The van der Waals surface area contributed by atoms with Crippen molar-refractivity contribution in [2.75, 3.05) is 17.2 Å². The lowest BCUT2D eigenvalue weighted by atomic mass is 10.1. The average Bonchev–Trinajstić information content (AvgIpc) is 2.81. The number of carbonyl (C=O) groups excluding carboxylic acids is 2. The molecule has 0 aliphatic heterocycles. The molecule has 182 valence electrons. The van der Waals surface area contributed by atoms with Crippen LogP contribution in [0.4, 0.5) is 15.8 Å². The maximum atomic E-state index is 13.3. The van der Waals surface area contributed by atoms with E-state index in [9.17, 15) is 14.0 Å². The summed E-state index contributed by atoms with van der Waals surface area (Å²) in [5, 5.41) is 8.16. The van der Waals surface area contributed by atoms with Crippen molar-refractivity contribution in [1.29, 1.82) is 0 Å². The summed E-state index contributed by atoms with van der Waals surface area (Å²) in [6, 6.07) is 17.3. The van der Waals surface area contributed by atoms with Crippen LogP contribution >= 0.6 is 23.8 Å². The Labute approximate surface area is 213 Å². The van der Waals surface area contributed by atoms with Gasteiger partial charge in [0.1, 0.15) is 11.6 Å². The lowest BCUT2D eigenvalue weighted by Gasteiger charge is -2.12. The number of nitrogens with one attached hydrogen (secondary N) is 3. The molecule has 0 radical (unpaired) electrons. The highest BCUT2D eigenvalue weighted by atomic mass is 35.5. The lowest BCUT2D eigenvalue weighted by molar-refractivity contribution is 0.0975. The van der Waals surface area contributed by atoms with E-state index < -0.39 is 11.7 Å². The molecule has 35 heavy (non-hydrogen) atoms. The van der Waals surface area contributed by atoms with Crippen molar-refractivity contribution < 1.29 is 18.7 Å². The molecule has 0 saturated carbocycles. The minimum absolute atomic E-state index is 0.0732. The van der Waals surface area contributed by atoms with E-state index in [0.29, 0.717) is 40.8 Å². The first-order valence-electron chi connectivity index (χ1n) is 10.9. The minimum atomic E-state index is -0.572. The zero-order valence-electron chi connectivity index (χ0n) is 19.2. The fraction of sp³-hybridized carbons (Fsp3) is 0.192. The molecule has 0 saturated heterocycles. The molecular formula is C26H25ClFN3O3S. The second kappa shape index (κ2) is 12.3. The summed E-state index contributed by atoms with van der Waals surface area (Å²) in [5.41, 5.74) is 1.60. The Balaban J connectivity index is 1.58. The van der Waals surface area contributed by atoms with Crippen LogP contribution in [0.3, 0.4) is 0 Å². The molecular weight excluding hydrogens is 489 g/mol. The molecule has 3 N–H and O–H groups in total. The van der Waals surface area contributed by atoms with Gasteiger partial charge in [-0.15, -0.1) is 0 Å². The monoisotopic (exact) mass is 513 g/mol. The van der Waals surface area contributed by atoms with Crippen molar-refractivity contribution >= 4 is 52.1 Å². The predicted octanol–water partition coefficient (Wildman–Crippen LogP) is 6.28. The highest BCUT2D eigenvalue weighted by Gasteiger charge is 2.12. The second-order valence-electron chi connectivity index (χ2n) is 8.13. The maximum Gasteiger partial charge on any atom is 0.257 e. The van der Waals surface area contributed by atoms with Crippen LogP contribution in [0, 0.1) is 11.7 Å². The van der Waals surface area contributed by atoms with Gasteiger partial charge in [-0.2, -0.15) is 0 Å². The molecule has 3 rings (SSSR count). The van der Waals surface area contributed by atoms with E-state index in [0.717, 1.165) is 6.42 Å². The third kappa shape index (κ3) is 8.05. The third-order valence-electron chi connectivity index (χ3n) is 4.85. The van der Waals surface area contributed by atoms with Crippen molar-refractivity contribution in [3.05, 3.63) is 88.7 Å². The van der Waals surface area contributed by atoms with Gasteiger partial charge in [-0.3, -0.25) is 14.9 Å². The fourth-order valence-corrected chi connectivity index (χ4v) is 3.38. The van der Waals surface area contributed by atoms with Crippen LogP contribution in [0.2, 0.25) is 5.02 Å². The molecule has 6 nitrogen and oxygen atoms in total. The number of amides is 2. The fourth-order valence-electron chi connectivity index (χ4n) is 2.99. The van der Waals surface area contributed by atoms with Crippen molar-refractivity contribution in [2.45, 2.75) is 20.3 Å². The van der Waals surface area contributed by atoms with Crippen molar-refractivity contribution in [3.63, 3.8) is 0 Å². The predicted molar refractivity (Wildman–Crippen MR) is 141 cm³/mol. The van der Waals surface area contributed by atoms with Gasteiger partial charge in [-0.25, -0.2) is 4.39 Å². The molecule has 0 aliphatic carbocycles. The highest BCUT2D eigenvalue weighted by molar-refractivity contribution is 7.80. The number of halogens is 2. The maximum absolute atomic E-state index is 13.3. The Bertz CT molecular complexity index is 1240. The van der Waals surface area contributed by atoms with Crippen molar-refractivity contribution in [1.82, 2.24) is 5.32 Å². The Hall–Kier alpha value is -3.49. The number of ether oxygens (including phenoxy) is 1. The van der Waals surface area contributed by atoms with Crippen LogP contribution in [-0.2, 0) is 0 Å². The van der Waals surface area contributed by atoms with Gasteiger partial charge in [0.2, 0.25) is 0 Å². The molecule has 0 heterocycles. The lowest BCUT2D eigenvalue weighted by Crippen LogP contribution is -2.34. The Morgan fingerprint density at radius 3 is 2.34 bits per heavy atom. The zero-order valence-corrected chi connectivity index (χ0v) is 20.8. The van der Waals surface area contributed by atoms with Gasteiger partial charge >= 0.3 is 0 Å². The first-order valence-corrected chi connectivity index (χ1v) is 11.7. The van der Waals surface area contributed by atoms with Gasteiger partial charge in [0.25, 0.3) is 11.8 Å². The summed E-state index contributed by atoms with van der Waals surface area (Å²) in [4.78, 5) is 25.2. The van der Waals surface area contributed by atoms with Crippen LogP contribution in [0.5, 0.6) is 5.75 Å². The van der Waals surface area contributed by atoms with Gasteiger partial charge in [-0.1, -0.05) is 37.6 Å². The normalized spacial score (nSPS) is 10.5. The van der Waals surface area contributed by atoms with Gasteiger partial charge in [0.05, 0.1) is 11.6 Å². The summed E-state index contributed by atoms with van der Waals surface area (Å²) in [6.45, 7) is 4.80. The number of benzene rings is 3. The second-order valence-corrected chi connectivity index (χ2v) is 8.95. The largest absolute Gasteiger partial charge is 0.494 e. The first-order chi connectivity index (χ1) is 16.7. The summed E-state index contributed by atoms with van der Waals surface area (Å²) in [6.07, 6.45) is 0.916. The number of thiocarbonyl (C=S) groups is 1. The molecule has 0 spiro atoms. The highest BCUT2D eigenvalue weighted by Crippen LogP contribution is 2.20. The van der Waals surface area contributed by atoms with Crippen molar-refractivity contribution in [3.8, 4) is 5.75 Å². The summed E-state index contributed by atoms with van der Waals surface area (Å²) in [5.74, 6) is -0.245. The number of carbonyl (C=O) groups is 2. The molecule has 2 amide bonds. The zero-order chi connectivity index (χ0) is 25.4. The van der Waals surface area contributed by atoms with E-state index in [-0.39, 0.29) is 16.0 Å². The van der Waals surface area contributed by atoms with E-state index >= 15 is 0 Å². The Kier molecular flexibility index (Phi) is 9.17. The molecule has 0 fully saturated rings. The van der Waals surface area contributed by atoms with Crippen LogP contribution in [-0.4, -0.2) is 23.5 Å². The number of rotatable bonds is 8. The van der Waals surface area contributed by atoms with E-state index in [1.54, 1.807) is 48.5 Å². The quantitative estimate of drug-likeness (QED) is 0.309. The smallest absolute Gasteiger partial charge is 0.257 e. The number of hydrogen-bond donors (Lipinski definition) is 3. The average molecular weight is 514 g/mol. The third-order valence-corrected chi connectivity index (χ3v) is 5.34. The number of anilines is 2. The summed E-state index contributed by atoms with van der Waals surface area (Å²) < 4.78 is 19.0. The molecule has 0 unspecified atom stereocenters. The topological polar surface area (TPSA) is 79.5 Å². The number of hydrogen-bond acceptors (Lipinski definition) is 4.